The fraction of sp³-hybridized carbons (Fsp3) is 0.238. The molecule has 1 aromatic heterocycles. The number of carbonyl (C=O) groups excluding carboxylic acids is 1. The van der Waals surface area contributed by atoms with E-state index in [2.05, 4.69) is 63.7 Å². The van der Waals surface area contributed by atoms with Gasteiger partial charge in [0.2, 0.25) is 5.91 Å². The Morgan fingerprint density at radius 3 is 2.15 bits per heavy atom. The van der Waals surface area contributed by atoms with Crippen LogP contribution in [0.3, 0.4) is 0 Å². The molecule has 1 amide bonds. The predicted molar refractivity (Wildman–Crippen MR) is 105 cm³/mol. The average molecular weight is 363 g/mol. The average Bonchev–Trinajstić information content (AvgIpc) is 3.03. The third-order valence-electron chi connectivity index (χ3n) is 4.73. The van der Waals surface area contributed by atoms with Crippen molar-refractivity contribution < 1.29 is 4.79 Å². The molecule has 4 nitrogen and oxygen atoms in total. The number of amides is 1. The van der Waals surface area contributed by atoms with E-state index < -0.39 is 0 Å². The van der Waals surface area contributed by atoms with Gasteiger partial charge in [0, 0.05) is 18.5 Å². The van der Waals surface area contributed by atoms with Crippen molar-refractivity contribution in [3.8, 4) is 0 Å². The molecule has 132 valence electrons. The highest BCUT2D eigenvalue weighted by atomic mass is 32.1. The molecule has 1 aliphatic heterocycles. The van der Waals surface area contributed by atoms with Crippen LogP contribution in [0.2, 0.25) is 0 Å². The Kier molecular flexibility index (Phi) is 4.82. The van der Waals surface area contributed by atoms with Crippen LogP contribution in [-0.4, -0.2) is 28.9 Å². The molecule has 0 unspecified atom stereocenters. The Morgan fingerprint density at radius 1 is 1.08 bits per heavy atom. The summed E-state index contributed by atoms with van der Waals surface area (Å²) in [6.45, 7) is 3.44. The van der Waals surface area contributed by atoms with Gasteiger partial charge in [-0.05, 0) is 18.1 Å². The Hall–Kier alpha value is -2.50. The molecule has 1 saturated heterocycles. The lowest BCUT2D eigenvalue weighted by atomic mass is 9.90. The lowest BCUT2D eigenvalue weighted by Gasteiger charge is -2.43. The Balaban J connectivity index is 1.46. The van der Waals surface area contributed by atoms with Crippen molar-refractivity contribution in [2.75, 3.05) is 18.4 Å². The summed E-state index contributed by atoms with van der Waals surface area (Å²) in [5, 5.41) is 5.58. The molecule has 0 spiro atoms. The summed E-state index contributed by atoms with van der Waals surface area (Å²) < 4.78 is 0. The van der Waals surface area contributed by atoms with Crippen molar-refractivity contribution in [2.45, 2.75) is 13.0 Å². The minimum absolute atomic E-state index is 0.00845. The van der Waals surface area contributed by atoms with Gasteiger partial charge in [0.15, 0.2) is 5.13 Å². The van der Waals surface area contributed by atoms with Gasteiger partial charge in [-0.15, -0.1) is 11.3 Å². The Labute approximate surface area is 157 Å². The van der Waals surface area contributed by atoms with Crippen molar-refractivity contribution in [1.29, 1.82) is 0 Å². The molecule has 2 heterocycles. The van der Waals surface area contributed by atoms with Crippen LogP contribution < -0.4 is 5.32 Å². The standard InChI is InChI=1S/C21H21N3OS/c1-15-14-26-21(22-15)23-20(25)18-12-24(13-18)19(16-8-4-2-5-9-16)17-10-6-3-7-11-17/h2-11,14,18-19H,12-13H2,1H3,(H,22,23,25). The molecule has 0 aliphatic carbocycles. The first-order valence-corrected chi connectivity index (χ1v) is 9.65. The summed E-state index contributed by atoms with van der Waals surface area (Å²) in [5.74, 6) is 0.0737. The maximum absolute atomic E-state index is 12.5. The molecule has 1 aliphatic rings. The summed E-state index contributed by atoms with van der Waals surface area (Å²) in [7, 11) is 0. The summed E-state index contributed by atoms with van der Waals surface area (Å²) >= 11 is 1.47. The number of thiazole rings is 1. The van der Waals surface area contributed by atoms with Crippen molar-refractivity contribution in [3.63, 3.8) is 0 Å². The molecule has 5 heteroatoms. The van der Waals surface area contributed by atoms with E-state index >= 15 is 0 Å². The number of likely N-dealkylation sites (tertiary alicyclic amines) is 1. The summed E-state index contributed by atoms with van der Waals surface area (Å²) in [6, 6.07) is 21.2. The number of nitrogens with one attached hydrogen (secondary N) is 1. The first kappa shape index (κ1) is 16.9. The van der Waals surface area contributed by atoms with E-state index in [0.717, 1.165) is 18.8 Å². The zero-order valence-corrected chi connectivity index (χ0v) is 15.4. The second-order valence-corrected chi connectivity index (χ2v) is 7.52. The van der Waals surface area contributed by atoms with Crippen molar-refractivity contribution in [1.82, 2.24) is 9.88 Å². The highest BCUT2D eigenvalue weighted by Gasteiger charge is 2.38. The first-order valence-electron chi connectivity index (χ1n) is 8.77. The zero-order valence-electron chi connectivity index (χ0n) is 14.6. The van der Waals surface area contributed by atoms with Crippen LogP contribution in [0.5, 0.6) is 0 Å². The van der Waals surface area contributed by atoms with Gasteiger partial charge in [0.05, 0.1) is 17.7 Å². The summed E-state index contributed by atoms with van der Waals surface area (Å²) in [6.07, 6.45) is 0. The van der Waals surface area contributed by atoms with E-state index in [9.17, 15) is 4.79 Å². The Morgan fingerprint density at radius 2 is 1.65 bits per heavy atom. The third-order valence-corrected chi connectivity index (χ3v) is 5.60. The van der Waals surface area contributed by atoms with E-state index in [-0.39, 0.29) is 17.9 Å². The SMILES string of the molecule is Cc1csc(NC(=O)C2CN(C(c3ccccc3)c3ccccc3)C2)n1. The fourth-order valence-electron chi connectivity index (χ4n) is 3.39. The van der Waals surface area contributed by atoms with Crippen LogP contribution in [0, 0.1) is 12.8 Å². The zero-order chi connectivity index (χ0) is 17.9. The van der Waals surface area contributed by atoms with Gasteiger partial charge in [0.25, 0.3) is 0 Å². The van der Waals surface area contributed by atoms with E-state index in [1.165, 1.54) is 22.5 Å². The van der Waals surface area contributed by atoms with Gasteiger partial charge in [-0.1, -0.05) is 60.7 Å². The number of hydrogen-bond acceptors (Lipinski definition) is 4. The molecule has 0 saturated carbocycles. The van der Waals surface area contributed by atoms with Crippen LogP contribution in [0.25, 0.3) is 0 Å². The Bertz CT molecular complexity index is 833. The quantitative estimate of drug-likeness (QED) is 0.742. The smallest absolute Gasteiger partial charge is 0.231 e. The topological polar surface area (TPSA) is 45.2 Å². The monoisotopic (exact) mass is 363 g/mol. The number of carbonyl (C=O) groups is 1. The molecule has 26 heavy (non-hydrogen) atoms. The highest BCUT2D eigenvalue weighted by molar-refractivity contribution is 7.13. The minimum Gasteiger partial charge on any atom is -0.302 e. The number of aromatic nitrogens is 1. The molecular formula is C21H21N3OS. The van der Waals surface area contributed by atoms with Crippen LogP contribution in [-0.2, 0) is 4.79 Å². The van der Waals surface area contributed by atoms with Crippen molar-refractivity contribution in [2.24, 2.45) is 5.92 Å². The summed E-state index contributed by atoms with van der Waals surface area (Å²) in [5.41, 5.74) is 3.45. The normalized spacial score (nSPS) is 15.0. The van der Waals surface area contributed by atoms with Gasteiger partial charge >= 0.3 is 0 Å². The van der Waals surface area contributed by atoms with Crippen LogP contribution in [0.15, 0.2) is 66.0 Å². The predicted octanol–water partition coefficient (Wildman–Crippen LogP) is 4.11. The molecule has 3 aromatic rings. The molecule has 4 rings (SSSR count). The number of hydrogen-bond donors (Lipinski definition) is 1. The number of aryl methyl sites for hydroxylation is 1. The lowest BCUT2D eigenvalue weighted by Crippen LogP contribution is -2.53. The van der Waals surface area contributed by atoms with Crippen molar-refractivity contribution in [3.05, 3.63) is 82.9 Å². The van der Waals surface area contributed by atoms with E-state index in [4.69, 9.17) is 0 Å². The van der Waals surface area contributed by atoms with Gasteiger partial charge in [0.1, 0.15) is 0 Å². The second-order valence-electron chi connectivity index (χ2n) is 6.66. The molecule has 1 N–H and O–H groups in total. The van der Waals surface area contributed by atoms with Crippen LogP contribution in [0.1, 0.15) is 22.9 Å². The molecule has 0 atom stereocenters. The maximum Gasteiger partial charge on any atom is 0.231 e. The fourth-order valence-corrected chi connectivity index (χ4v) is 4.08. The first-order chi connectivity index (χ1) is 12.7. The molecule has 2 aromatic carbocycles. The van der Waals surface area contributed by atoms with E-state index in [1.54, 1.807) is 0 Å². The van der Waals surface area contributed by atoms with Gasteiger partial charge < -0.3 is 5.32 Å². The van der Waals surface area contributed by atoms with E-state index in [1.807, 2.05) is 24.4 Å². The number of rotatable bonds is 5. The number of nitrogens with zero attached hydrogens (tertiary/aromatic N) is 2. The van der Waals surface area contributed by atoms with Gasteiger partial charge in [-0.2, -0.15) is 0 Å². The third kappa shape index (κ3) is 3.54. The number of benzene rings is 2. The molecule has 0 radical (unpaired) electrons. The molecule has 1 fully saturated rings. The largest absolute Gasteiger partial charge is 0.302 e. The summed E-state index contributed by atoms with van der Waals surface area (Å²) in [4.78, 5) is 19.2. The highest BCUT2D eigenvalue weighted by Crippen LogP contribution is 2.34. The van der Waals surface area contributed by atoms with E-state index in [0.29, 0.717) is 5.13 Å². The maximum atomic E-state index is 12.5. The molecular weight excluding hydrogens is 342 g/mol. The molecule has 0 bridgehead atoms. The minimum atomic E-state index is 0.00845. The van der Waals surface area contributed by atoms with Crippen LogP contribution >= 0.6 is 11.3 Å². The number of anilines is 1. The van der Waals surface area contributed by atoms with Gasteiger partial charge in [-0.25, -0.2) is 4.98 Å². The van der Waals surface area contributed by atoms with Crippen LogP contribution in [0.4, 0.5) is 5.13 Å². The van der Waals surface area contributed by atoms with Crippen molar-refractivity contribution >= 4 is 22.4 Å². The van der Waals surface area contributed by atoms with Gasteiger partial charge in [-0.3, -0.25) is 9.69 Å². The lowest BCUT2D eigenvalue weighted by molar-refractivity contribution is -0.125. The second kappa shape index (κ2) is 7.40.